The molecule has 0 saturated carbocycles. The van der Waals surface area contributed by atoms with Gasteiger partial charge in [-0.1, -0.05) is 55.8 Å². The normalized spacial score (nSPS) is 16.8. The van der Waals surface area contributed by atoms with Gasteiger partial charge in [-0.2, -0.15) is 0 Å². The molecule has 1 aromatic carbocycles. The molecule has 1 aromatic heterocycles. The first-order valence-corrected chi connectivity index (χ1v) is 10.7. The van der Waals surface area contributed by atoms with Crippen LogP contribution >= 0.6 is 11.6 Å². The summed E-state index contributed by atoms with van der Waals surface area (Å²) in [5.41, 5.74) is 2.83. The van der Waals surface area contributed by atoms with Gasteiger partial charge in [0.25, 0.3) is 5.70 Å². The van der Waals surface area contributed by atoms with Gasteiger partial charge in [0.05, 0.1) is 10.8 Å². The molecule has 31 heavy (non-hydrogen) atoms. The minimum atomic E-state index is -0.604. The Morgan fingerprint density at radius 1 is 1.26 bits per heavy atom. The van der Waals surface area contributed by atoms with Crippen LogP contribution in [0.2, 0.25) is 5.15 Å². The van der Waals surface area contributed by atoms with Crippen LogP contribution in [0.15, 0.2) is 54.1 Å². The quantitative estimate of drug-likeness (QED) is 0.350. The molecule has 2 heterocycles. The summed E-state index contributed by atoms with van der Waals surface area (Å²) in [6.07, 6.45) is 1.71. The van der Waals surface area contributed by atoms with Crippen molar-refractivity contribution in [2.45, 2.75) is 45.6 Å². The van der Waals surface area contributed by atoms with Crippen molar-refractivity contribution in [2.24, 2.45) is 0 Å². The Morgan fingerprint density at radius 2 is 1.94 bits per heavy atom. The van der Waals surface area contributed by atoms with Crippen LogP contribution in [0.1, 0.15) is 55.7 Å². The molecule has 1 aliphatic rings. The molecule has 164 valence electrons. The Bertz CT molecular complexity index is 987. The number of nitrogens with zero attached hydrogens (tertiary/aromatic N) is 4. The SMILES string of the molecule is CCN(Cc1ccc(Cl)nc1)C1=C([N+](=O)[O-])C(c2ccc(C(C)C)cc2)CC(=O)N1C. The highest BCUT2D eigenvalue weighted by Gasteiger charge is 2.42. The first-order chi connectivity index (χ1) is 14.7. The molecule has 0 spiro atoms. The number of benzene rings is 1. The van der Waals surface area contributed by atoms with E-state index in [-0.39, 0.29) is 22.9 Å². The molecule has 0 saturated heterocycles. The predicted octanol–water partition coefficient (Wildman–Crippen LogP) is 4.77. The Balaban J connectivity index is 2.07. The smallest absolute Gasteiger partial charge is 0.294 e. The second-order valence-electron chi connectivity index (χ2n) is 8.00. The molecule has 1 amide bonds. The molecule has 0 bridgehead atoms. The summed E-state index contributed by atoms with van der Waals surface area (Å²) in [7, 11) is 1.60. The zero-order chi connectivity index (χ0) is 22.7. The minimum absolute atomic E-state index is 0.0446. The van der Waals surface area contributed by atoms with Crippen molar-refractivity contribution >= 4 is 17.5 Å². The van der Waals surface area contributed by atoms with Crippen LogP contribution < -0.4 is 0 Å². The standard InChI is InChI=1S/C23H27ClN4O3/c1-5-27(14-16-6-11-20(24)25-13-16)23-22(28(30)31)19(12-21(29)26(23)4)18-9-7-17(8-10-18)15(2)3/h6-11,13,15,19H,5,12,14H2,1-4H3. The molecular formula is C23H27ClN4O3. The first-order valence-electron chi connectivity index (χ1n) is 10.3. The van der Waals surface area contributed by atoms with Gasteiger partial charge in [-0.25, -0.2) is 4.98 Å². The molecule has 0 fully saturated rings. The van der Waals surface area contributed by atoms with Gasteiger partial charge in [-0.15, -0.1) is 0 Å². The van der Waals surface area contributed by atoms with Gasteiger partial charge in [0.15, 0.2) is 5.82 Å². The van der Waals surface area contributed by atoms with Gasteiger partial charge >= 0.3 is 0 Å². The number of hydrogen-bond donors (Lipinski definition) is 0. The average Bonchev–Trinajstić information content (AvgIpc) is 2.75. The highest BCUT2D eigenvalue weighted by Crippen LogP contribution is 2.38. The second-order valence-corrected chi connectivity index (χ2v) is 8.39. The summed E-state index contributed by atoms with van der Waals surface area (Å²) in [6, 6.07) is 11.3. The maximum Gasteiger partial charge on any atom is 0.294 e. The van der Waals surface area contributed by atoms with Gasteiger partial charge < -0.3 is 4.90 Å². The highest BCUT2D eigenvalue weighted by atomic mass is 35.5. The van der Waals surface area contributed by atoms with Crippen LogP contribution in [0, 0.1) is 10.1 Å². The predicted molar refractivity (Wildman–Crippen MR) is 120 cm³/mol. The van der Waals surface area contributed by atoms with Crippen molar-refractivity contribution in [3.05, 3.63) is 86.1 Å². The molecule has 1 unspecified atom stereocenters. The zero-order valence-electron chi connectivity index (χ0n) is 18.2. The van der Waals surface area contributed by atoms with E-state index in [1.165, 1.54) is 4.90 Å². The molecule has 1 aliphatic heterocycles. The number of aromatic nitrogens is 1. The molecule has 0 radical (unpaired) electrons. The van der Waals surface area contributed by atoms with Crippen LogP contribution in [-0.4, -0.2) is 39.2 Å². The van der Waals surface area contributed by atoms with Gasteiger partial charge in [0.1, 0.15) is 5.15 Å². The third-order valence-corrected chi connectivity index (χ3v) is 5.90. The summed E-state index contributed by atoms with van der Waals surface area (Å²) >= 11 is 5.88. The van der Waals surface area contributed by atoms with Gasteiger partial charge in [-0.05, 0) is 35.6 Å². The molecule has 0 N–H and O–H groups in total. The summed E-state index contributed by atoms with van der Waals surface area (Å²) in [6.45, 7) is 6.97. The van der Waals surface area contributed by atoms with Crippen LogP contribution in [0.5, 0.6) is 0 Å². The molecule has 0 aliphatic carbocycles. The fourth-order valence-corrected chi connectivity index (χ4v) is 3.99. The fraction of sp³-hybridized carbons (Fsp3) is 0.391. The van der Waals surface area contributed by atoms with Gasteiger partial charge in [-0.3, -0.25) is 19.8 Å². The zero-order valence-corrected chi connectivity index (χ0v) is 19.0. The molecule has 2 aromatic rings. The lowest BCUT2D eigenvalue weighted by Crippen LogP contribution is -2.43. The lowest BCUT2D eigenvalue weighted by molar-refractivity contribution is -0.434. The summed E-state index contributed by atoms with van der Waals surface area (Å²) in [5, 5.41) is 12.6. The van der Waals surface area contributed by atoms with Crippen molar-refractivity contribution in [1.82, 2.24) is 14.8 Å². The van der Waals surface area contributed by atoms with Crippen LogP contribution in [0.3, 0.4) is 0 Å². The molecule has 7 nitrogen and oxygen atoms in total. The number of carbonyl (C=O) groups excluding carboxylic acids is 1. The number of amides is 1. The van der Waals surface area contributed by atoms with E-state index in [9.17, 15) is 14.9 Å². The van der Waals surface area contributed by atoms with Crippen molar-refractivity contribution in [3.8, 4) is 0 Å². The average molecular weight is 443 g/mol. The Hall–Kier alpha value is -2.93. The first kappa shape index (κ1) is 22.7. The highest BCUT2D eigenvalue weighted by molar-refractivity contribution is 6.29. The van der Waals surface area contributed by atoms with E-state index in [1.807, 2.05) is 42.2 Å². The number of hydrogen-bond acceptors (Lipinski definition) is 5. The largest absolute Gasteiger partial charge is 0.348 e. The monoisotopic (exact) mass is 442 g/mol. The van der Waals surface area contributed by atoms with E-state index in [1.54, 1.807) is 19.3 Å². The molecule has 8 heteroatoms. The summed E-state index contributed by atoms with van der Waals surface area (Å²) < 4.78 is 0. The fourth-order valence-electron chi connectivity index (χ4n) is 3.88. The summed E-state index contributed by atoms with van der Waals surface area (Å²) in [4.78, 5) is 32.1. The van der Waals surface area contributed by atoms with Gasteiger partial charge in [0, 0.05) is 32.8 Å². The lowest BCUT2D eigenvalue weighted by Gasteiger charge is -2.36. The number of allylic oxidation sites excluding steroid dienone is 1. The van der Waals surface area contributed by atoms with Crippen molar-refractivity contribution in [2.75, 3.05) is 13.6 Å². The minimum Gasteiger partial charge on any atom is -0.348 e. The topological polar surface area (TPSA) is 79.6 Å². The molecule has 1 atom stereocenters. The number of nitro groups is 1. The third kappa shape index (κ3) is 4.88. The summed E-state index contributed by atoms with van der Waals surface area (Å²) in [5.74, 6) is -0.0620. The van der Waals surface area contributed by atoms with Gasteiger partial charge in [0.2, 0.25) is 5.91 Å². The third-order valence-electron chi connectivity index (χ3n) is 5.68. The van der Waals surface area contributed by atoms with Crippen LogP contribution in [0.25, 0.3) is 0 Å². The van der Waals surface area contributed by atoms with Crippen molar-refractivity contribution in [1.29, 1.82) is 0 Å². The van der Waals surface area contributed by atoms with E-state index >= 15 is 0 Å². The maximum absolute atomic E-state index is 12.9. The van der Waals surface area contributed by atoms with Crippen molar-refractivity contribution in [3.63, 3.8) is 0 Å². The van der Waals surface area contributed by atoms with E-state index in [2.05, 4.69) is 18.8 Å². The Morgan fingerprint density at radius 3 is 2.45 bits per heavy atom. The number of pyridine rings is 1. The van der Waals surface area contributed by atoms with E-state index in [0.717, 1.165) is 16.7 Å². The number of rotatable bonds is 7. The Labute approximate surface area is 187 Å². The second kappa shape index (κ2) is 9.47. The number of halogens is 1. The van der Waals surface area contributed by atoms with Crippen molar-refractivity contribution < 1.29 is 9.72 Å². The molecule has 3 rings (SSSR count). The van der Waals surface area contributed by atoms with Crippen LogP contribution in [-0.2, 0) is 11.3 Å². The maximum atomic E-state index is 12.9. The lowest BCUT2D eigenvalue weighted by atomic mass is 9.87. The van der Waals surface area contributed by atoms with Crippen LogP contribution in [0.4, 0.5) is 0 Å². The van der Waals surface area contributed by atoms with E-state index in [4.69, 9.17) is 11.6 Å². The van der Waals surface area contributed by atoms with E-state index < -0.39 is 5.92 Å². The van der Waals surface area contributed by atoms with E-state index in [0.29, 0.717) is 30.0 Å². The Kier molecular flexibility index (Phi) is 6.95. The number of carbonyl (C=O) groups is 1. The molecular weight excluding hydrogens is 416 g/mol.